The summed E-state index contributed by atoms with van der Waals surface area (Å²) in [4.78, 5) is 0. The highest BCUT2D eigenvalue weighted by molar-refractivity contribution is 5.66. The Kier molecular flexibility index (Phi) is 5.30. The van der Waals surface area contributed by atoms with Gasteiger partial charge in [0.25, 0.3) is 0 Å². The summed E-state index contributed by atoms with van der Waals surface area (Å²) in [6.07, 6.45) is 3.50. The minimum Gasteiger partial charge on any atom is -0.504 e. The van der Waals surface area contributed by atoms with Crippen LogP contribution in [0.4, 0.5) is 0 Å². The van der Waals surface area contributed by atoms with Crippen molar-refractivity contribution in [2.45, 2.75) is 40.0 Å². The standard InChI is InChI=1S/C20H28NO2/c1-7-21(8-2)15-9-10-17-18(20(3,4)5)14-16(11-12-22-6)23-19(17)13-15/h9-14H,7-8H2,1-6H3/q+1. The highest BCUT2D eigenvalue weighted by Crippen LogP contribution is 2.35. The molecule has 1 heterocycles. The molecule has 0 aromatic rings. The van der Waals surface area contributed by atoms with Crippen molar-refractivity contribution in [3.63, 3.8) is 0 Å². The lowest BCUT2D eigenvalue weighted by molar-refractivity contribution is 0.340. The molecule has 1 aliphatic heterocycles. The van der Waals surface area contributed by atoms with Gasteiger partial charge in [0.2, 0.25) is 5.36 Å². The van der Waals surface area contributed by atoms with Gasteiger partial charge in [0.15, 0.2) is 0 Å². The summed E-state index contributed by atoms with van der Waals surface area (Å²) in [6, 6.07) is 8.61. The van der Waals surface area contributed by atoms with Gasteiger partial charge in [-0.3, -0.25) is 0 Å². The van der Waals surface area contributed by atoms with E-state index >= 15 is 0 Å². The predicted octanol–water partition coefficient (Wildman–Crippen LogP) is 4.11. The third-order valence-electron chi connectivity index (χ3n) is 4.07. The fourth-order valence-corrected chi connectivity index (χ4v) is 2.82. The van der Waals surface area contributed by atoms with Crippen LogP contribution in [0.2, 0.25) is 0 Å². The molecule has 23 heavy (non-hydrogen) atoms. The number of ether oxygens (including phenoxy) is 1. The average Bonchev–Trinajstić information content (AvgIpc) is 2.52. The van der Waals surface area contributed by atoms with Crippen molar-refractivity contribution in [2.75, 3.05) is 20.2 Å². The largest absolute Gasteiger partial charge is 0.504 e. The van der Waals surface area contributed by atoms with Gasteiger partial charge in [0, 0.05) is 17.7 Å². The Morgan fingerprint density at radius 2 is 1.83 bits per heavy atom. The zero-order valence-electron chi connectivity index (χ0n) is 15.1. The van der Waals surface area contributed by atoms with Crippen LogP contribution in [-0.4, -0.2) is 20.2 Å². The van der Waals surface area contributed by atoms with Gasteiger partial charge in [-0.1, -0.05) is 20.8 Å². The average molecular weight is 314 g/mol. The lowest BCUT2D eigenvalue weighted by Crippen LogP contribution is -2.29. The van der Waals surface area contributed by atoms with Crippen molar-refractivity contribution < 1.29 is 9.15 Å². The Bertz CT molecular complexity index is 726. The molecule has 0 fully saturated rings. The first-order valence-electron chi connectivity index (χ1n) is 8.26. The third-order valence-corrected chi connectivity index (χ3v) is 4.07. The molecule has 0 amide bonds. The first-order valence-corrected chi connectivity index (χ1v) is 8.26. The van der Waals surface area contributed by atoms with Crippen molar-refractivity contribution in [3.05, 3.63) is 47.2 Å². The zero-order valence-corrected chi connectivity index (χ0v) is 15.1. The summed E-state index contributed by atoms with van der Waals surface area (Å²) in [6.45, 7) is 13.0. The maximum atomic E-state index is 6.09. The monoisotopic (exact) mass is 314 g/mol. The summed E-state index contributed by atoms with van der Waals surface area (Å²) < 4.78 is 13.4. The van der Waals surface area contributed by atoms with Crippen LogP contribution in [0, 0.1) is 0 Å². The molecule has 0 aromatic heterocycles. The van der Waals surface area contributed by atoms with Crippen molar-refractivity contribution >= 4 is 6.08 Å². The van der Waals surface area contributed by atoms with E-state index in [1.54, 1.807) is 13.4 Å². The molecule has 3 nitrogen and oxygen atoms in total. The second-order valence-electron chi connectivity index (χ2n) is 6.70. The van der Waals surface area contributed by atoms with E-state index in [0.717, 1.165) is 24.6 Å². The fraction of sp³-hybridized carbons (Fsp3) is 0.450. The van der Waals surface area contributed by atoms with Gasteiger partial charge in [-0.15, -0.1) is 0 Å². The number of methoxy groups -OCH3 is 1. The zero-order chi connectivity index (χ0) is 17.0. The van der Waals surface area contributed by atoms with Gasteiger partial charge in [-0.2, -0.15) is 0 Å². The quantitative estimate of drug-likeness (QED) is 0.627. The molecular formula is C20H28NO2+. The lowest BCUT2D eigenvalue weighted by atomic mass is 9.83. The fourth-order valence-electron chi connectivity index (χ4n) is 2.82. The minimum atomic E-state index is 0.0431. The maximum absolute atomic E-state index is 6.09. The molecule has 0 unspecified atom stereocenters. The second-order valence-corrected chi connectivity index (χ2v) is 6.70. The summed E-state index contributed by atoms with van der Waals surface area (Å²) in [7, 11) is 1.64. The van der Waals surface area contributed by atoms with Crippen LogP contribution in [0.5, 0.6) is 0 Å². The number of rotatable bonds is 4. The molecule has 0 radical (unpaired) electrons. The molecule has 0 saturated carbocycles. The van der Waals surface area contributed by atoms with Gasteiger partial charge in [-0.05, 0) is 37.0 Å². The van der Waals surface area contributed by atoms with Crippen molar-refractivity contribution in [2.24, 2.45) is 0 Å². The molecule has 2 rings (SSSR count). The lowest BCUT2D eigenvalue weighted by Gasteiger charge is -2.23. The van der Waals surface area contributed by atoms with Crippen LogP contribution in [-0.2, 0) is 10.2 Å². The summed E-state index contributed by atoms with van der Waals surface area (Å²) in [5.41, 5.74) is 2.49. The van der Waals surface area contributed by atoms with E-state index < -0.39 is 0 Å². The molecule has 0 atom stereocenters. The highest BCUT2D eigenvalue weighted by Gasteiger charge is 2.22. The molecule has 1 aliphatic carbocycles. The number of benzene rings is 1. The number of hydrogen-bond donors (Lipinski definition) is 0. The van der Waals surface area contributed by atoms with E-state index in [1.165, 1.54) is 16.5 Å². The van der Waals surface area contributed by atoms with Gasteiger partial charge >= 0.3 is 0 Å². The topological polar surface area (TPSA) is 25.4 Å². The van der Waals surface area contributed by atoms with Gasteiger partial charge in [-0.25, -0.2) is 4.58 Å². The molecule has 3 heteroatoms. The Morgan fingerprint density at radius 3 is 2.39 bits per heavy atom. The maximum Gasteiger partial charge on any atom is 0.203 e. The van der Waals surface area contributed by atoms with Crippen molar-refractivity contribution in [3.8, 4) is 11.3 Å². The second kappa shape index (κ2) is 7.03. The first-order chi connectivity index (χ1) is 10.9. The molecule has 0 N–H and O–H groups in total. The van der Waals surface area contributed by atoms with E-state index in [2.05, 4.69) is 63.5 Å². The van der Waals surface area contributed by atoms with Crippen LogP contribution in [0.3, 0.4) is 0 Å². The van der Waals surface area contributed by atoms with Gasteiger partial charge in [0.1, 0.15) is 24.6 Å². The van der Waals surface area contributed by atoms with E-state index in [1.807, 2.05) is 6.08 Å². The summed E-state index contributed by atoms with van der Waals surface area (Å²) in [5, 5.41) is 1.19. The Labute approximate surface area is 139 Å². The molecule has 0 bridgehead atoms. The number of fused-ring (bicyclic) bond motifs is 1. The van der Waals surface area contributed by atoms with Gasteiger partial charge in [0.05, 0.1) is 19.4 Å². The summed E-state index contributed by atoms with van der Waals surface area (Å²) >= 11 is 0. The molecule has 0 spiro atoms. The number of nitrogens with zero attached hydrogens (tertiary/aromatic N) is 1. The van der Waals surface area contributed by atoms with Crippen LogP contribution in [0.25, 0.3) is 17.4 Å². The number of hydrogen-bond acceptors (Lipinski definition) is 2. The van der Waals surface area contributed by atoms with E-state index in [-0.39, 0.29) is 5.41 Å². The van der Waals surface area contributed by atoms with Gasteiger partial charge < -0.3 is 9.15 Å². The van der Waals surface area contributed by atoms with E-state index in [9.17, 15) is 0 Å². The van der Waals surface area contributed by atoms with Crippen molar-refractivity contribution in [1.82, 2.24) is 4.58 Å². The van der Waals surface area contributed by atoms with Crippen LogP contribution in [0.1, 0.15) is 45.9 Å². The SMILES string of the molecule is CC[N+](CC)=c1ccc2c(C(C)(C)C)cc(C=COC)oc-2c1. The Hall–Kier alpha value is -2.03. The third kappa shape index (κ3) is 3.84. The molecule has 0 aromatic carbocycles. The molecule has 124 valence electrons. The Balaban J connectivity index is 2.77. The first kappa shape index (κ1) is 17.3. The Morgan fingerprint density at radius 1 is 1.13 bits per heavy atom. The molecule has 2 aliphatic rings. The van der Waals surface area contributed by atoms with Crippen LogP contribution < -0.4 is 9.93 Å². The highest BCUT2D eigenvalue weighted by atomic mass is 16.5. The normalized spacial score (nSPS) is 12.1. The van der Waals surface area contributed by atoms with Crippen LogP contribution in [0.15, 0.2) is 34.9 Å². The summed E-state index contributed by atoms with van der Waals surface area (Å²) in [5.74, 6) is 1.72. The molecule has 0 saturated heterocycles. The van der Waals surface area contributed by atoms with E-state index in [0.29, 0.717) is 0 Å². The van der Waals surface area contributed by atoms with E-state index in [4.69, 9.17) is 9.15 Å². The van der Waals surface area contributed by atoms with Crippen LogP contribution >= 0.6 is 0 Å². The predicted molar refractivity (Wildman–Crippen MR) is 96.4 cm³/mol. The minimum absolute atomic E-state index is 0.0431. The molecular weight excluding hydrogens is 286 g/mol. The smallest absolute Gasteiger partial charge is 0.203 e. The van der Waals surface area contributed by atoms with Crippen molar-refractivity contribution in [1.29, 1.82) is 0 Å².